The van der Waals surface area contributed by atoms with Gasteiger partial charge in [-0.25, -0.2) is 9.97 Å². The Balaban J connectivity index is 1.68. The van der Waals surface area contributed by atoms with E-state index in [1.807, 2.05) is 72.8 Å². The summed E-state index contributed by atoms with van der Waals surface area (Å²) < 4.78 is 0. The van der Waals surface area contributed by atoms with Gasteiger partial charge in [0.15, 0.2) is 11.6 Å². The summed E-state index contributed by atoms with van der Waals surface area (Å²) in [5, 5.41) is 10.5. The molecular formula is C18H12N4. The van der Waals surface area contributed by atoms with Gasteiger partial charge in [0.2, 0.25) is 0 Å². The minimum Gasteiger partial charge on any atom is -0.227 e. The van der Waals surface area contributed by atoms with Gasteiger partial charge in [-0.05, 0) is 36.4 Å². The van der Waals surface area contributed by atoms with Crippen LogP contribution in [0.4, 0.5) is 11.6 Å². The normalized spacial score (nSPS) is 11.5. The number of nitrogens with zero attached hydrogens (tertiary/aromatic N) is 4. The molecule has 0 unspecified atom stereocenters. The predicted molar refractivity (Wildman–Crippen MR) is 87.7 cm³/mol. The van der Waals surface area contributed by atoms with Gasteiger partial charge in [0, 0.05) is 10.8 Å². The Kier molecular flexibility index (Phi) is 3.05. The van der Waals surface area contributed by atoms with Crippen LogP contribution in [0.25, 0.3) is 21.8 Å². The Morgan fingerprint density at radius 2 is 0.955 bits per heavy atom. The van der Waals surface area contributed by atoms with Crippen LogP contribution in [0.15, 0.2) is 83.0 Å². The monoisotopic (exact) mass is 284 g/mol. The molecule has 4 heteroatoms. The number of benzene rings is 2. The van der Waals surface area contributed by atoms with E-state index in [0.29, 0.717) is 11.6 Å². The van der Waals surface area contributed by atoms with Crippen LogP contribution in [0.2, 0.25) is 0 Å². The topological polar surface area (TPSA) is 50.5 Å². The lowest BCUT2D eigenvalue weighted by molar-refractivity contribution is 1.14. The molecule has 0 spiro atoms. The van der Waals surface area contributed by atoms with E-state index in [1.54, 1.807) is 0 Å². The first-order valence-electron chi connectivity index (χ1n) is 7.02. The summed E-state index contributed by atoms with van der Waals surface area (Å²) in [5.74, 6) is 1.15. The van der Waals surface area contributed by atoms with Crippen LogP contribution in [0.3, 0.4) is 0 Å². The summed E-state index contributed by atoms with van der Waals surface area (Å²) in [5.41, 5.74) is 1.82. The average Bonchev–Trinajstić information content (AvgIpc) is 2.59. The molecule has 4 nitrogen and oxygen atoms in total. The van der Waals surface area contributed by atoms with Gasteiger partial charge >= 0.3 is 0 Å². The first-order valence-corrected chi connectivity index (χ1v) is 7.02. The van der Waals surface area contributed by atoms with E-state index in [4.69, 9.17) is 0 Å². The number of hydrogen-bond donors (Lipinski definition) is 0. The molecule has 2 aromatic carbocycles. The van der Waals surface area contributed by atoms with Crippen molar-refractivity contribution in [3.63, 3.8) is 0 Å². The first kappa shape index (κ1) is 12.6. The Morgan fingerprint density at radius 1 is 0.500 bits per heavy atom. The van der Waals surface area contributed by atoms with Crippen LogP contribution < -0.4 is 0 Å². The molecule has 0 saturated heterocycles. The lowest BCUT2D eigenvalue weighted by Gasteiger charge is -1.98. The number of azo groups is 1. The van der Waals surface area contributed by atoms with E-state index >= 15 is 0 Å². The van der Waals surface area contributed by atoms with Crippen molar-refractivity contribution < 1.29 is 0 Å². The highest BCUT2D eigenvalue weighted by Gasteiger charge is 1.98. The number of rotatable bonds is 2. The molecule has 0 aliphatic carbocycles. The van der Waals surface area contributed by atoms with Crippen LogP contribution in [0.5, 0.6) is 0 Å². The summed E-state index contributed by atoms with van der Waals surface area (Å²) in [6.45, 7) is 0. The predicted octanol–water partition coefficient (Wildman–Crippen LogP) is 5.20. The lowest BCUT2D eigenvalue weighted by Crippen LogP contribution is -1.79. The summed E-state index contributed by atoms with van der Waals surface area (Å²) in [7, 11) is 0. The zero-order valence-electron chi connectivity index (χ0n) is 11.7. The summed E-state index contributed by atoms with van der Waals surface area (Å²) in [4.78, 5) is 8.93. The highest BCUT2D eigenvalue weighted by molar-refractivity contribution is 5.80. The summed E-state index contributed by atoms with van der Waals surface area (Å²) in [6.07, 6.45) is 0. The van der Waals surface area contributed by atoms with Crippen LogP contribution >= 0.6 is 0 Å². The highest BCUT2D eigenvalue weighted by Crippen LogP contribution is 2.20. The third kappa shape index (κ3) is 2.42. The van der Waals surface area contributed by atoms with E-state index < -0.39 is 0 Å². The standard InChI is InChI=1S/C18H12N4/c1-3-7-15-13(5-1)9-11-17(19-15)21-22-18-12-10-14-6-2-4-8-16(14)20-18/h1-12H. The molecule has 4 rings (SSSR count). The molecule has 0 saturated carbocycles. The summed E-state index contributed by atoms with van der Waals surface area (Å²) in [6, 6.07) is 23.6. The van der Waals surface area contributed by atoms with Gasteiger partial charge in [-0.3, -0.25) is 0 Å². The molecule has 0 aliphatic rings. The quantitative estimate of drug-likeness (QED) is 0.475. The number of fused-ring (bicyclic) bond motifs is 2. The molecule has 4 aromatic rings. The molecular weight excluding hydrogens is 272 g/mol. The maximum Gasteiger partial charge on any atom is 0.175 e. The number of aromatic nitrogens is 2. The van der Waals surface area contributed by atoms with Gasteiger partial charge in [-0.1, -0.05) is 36.4 Å². The van der Waals surface area contributed by atoms with Gasteiger partial charge < -0.3 is 0 Å². The van der Waals surface area contributed by atoms with Crippen molar-refractivity contribution in [1.29, 1.82) is 0 Å². The minimum atomic E-state index is 0.577. The molecule has 0 radical (unpaired) electrons. The molecule has 0 atom stereocenters. The third-order valence-electron chi connectivity index (χ3n) is 3.42. The molecule has 2 aromatic heterocycles. The number of hydrogen-bond acceptors (Lipinski definition) is 4. The maximum absolute atomic E-state index is 4.46. The second-order valence-electron chi connectivity index (χ2n) is 4.92. The molecule has 104 valence electrons. The number of para-hydroxylation sites is 2. The van der Waals surface area contributed by atoms with Gasteiger partial charge in [0.25, 0.3) is 0 Å². The highest BCUT2D eigenvalue weighted by atomic mass is 15.2. The molecule has 0 N–H and O–H groups in total. The van der Waals surface area contributed by atoms with E-state index in [-0.39, 0.29) is 0 Å². The maximum atomic E-state index is 4.46. The lowest BCUT2D eigenvalue weighted by atomic mass is 10.2. The van der Waals surface area contributed by atoms with Crippen LogP contribution in [0.1, 0.15) is 0 Å². The smallest absolute Gasteiger partial charge is 0.175 e. The van der Waals surface area contributed by atoms with Crippen molar-refractivity contribution in [2.75, 3.05) is 0 Å². The van der Waals surface area contributed by atoms with Crippen LogP contribution in [-0.2, 0) is 0 Å². The van der Waals surface area contributed by atoms with Crippen molar-refractivity contribution in [3.8, 4) is 0 Å². The van der Waals surface area contributed by atoms with Crippen molar-refractivity contribution in [2.24, 2.45) is 10.2 Å². The van der Waals surface area contributed by atoms with E-state index in [2.05, 4.69) is 20.2 Å². The Labute approximate surface area is 127 Å². The van der Waals surface area contributed by atoms with Gasteiger partial charge in [-0.15, -0.1) is 10.2 Å². The van der Waals surface area contributed by atoms with E-state index in [1.165, 1.54) is 0 Å². The van der Waals surface area contributed by atoms with E-state index in [0.717, 1.165) is 21.8 Å². The Hall–Kier alpha value is -3.14. The Morgan fingerprint density at radius 3 is 1.45 bits per heavy atom. The van der Waals surface area contributed by atoms with E-state index in [9.17, 15) is 0 Å². The minimum absolute atomic E-state index is 0.577. The fourth-order valence-electron chi connectivity index (χ4n) is 2.32. The number of pyridine rings is 2. The van der Waals surface area contributed by atoms with Crippen molar-refractivity contribution in [1.82, 2.24) is 9.97 Å². The fraction of sp³-hybridized carbons (Fsp3) is 0. The second-order valence-corrected chi connectivity index (χ2v) is 4.92. The molecule has 0 amide bonds. The molecule has 0 bridgehead atoms. The van der Waals surface area contributed by atoms with Crippen molar-refractivity contribution in [3.05, 3.63) is 72.8 Å². The molecule has 0 aliphatic heterocycles. The van der Waals surface area contributed by atoms with Gasteiger partial charge in [-0.2, -0.15) is 0 Å². The van der Waals surface area contributed by atoms with Crippen molar-refractivity contribution in [2.45, 2.75) is 0 Å². The van der Waals surface area contributed by atoms with Gasteiger partial charge in [0.05, 0.1) is 11.0 Å². The molecule has 2 heterocycles. The van der Waals surface area contributed by atoms with Gasteiger partial charge in [0.1, 0.15) is 0 Å². The SMILES string of the molecule is c1ccc2nc(N=Nc3ccc4ccccc4n3)ccc2c1. The molecule has 0 fully saturated rings. The summed E-state index contributed by atoms with van der Waals surface area (Å²) >= 11 is 0. The molecule has 22 heavy (non-hydrogen) atoms. The second kappa shape index (κ2) is 5.33. The third-order valence-corrected chi connectivity index (χ3v) is 3.42. The zero-order chi connectivity index (χ0) is 14.8. The zero-order valence-corrected chi connectivity index (χ0v) is 11.7. The van der Waals surface area contributed by atoms with Crippen LogP contribution in [-0.4, -0.2) is 9.97 Å². The van der Waals surface area contributed by atoms with Crippen LogP contribution in [0, 0.1) is 0 Å². The fourth-order valence-corrected chi connectivity index (χ4v) is 2.32. The first-order chi connectivity index (χ1) is 10.9. The average molecular weight is 284 g/mol. The van der Waals surface area contributed by atoms with Crippen molar-refractivity contribution >= 4 is 33.4 Å². The Bertz CT molecular complexity index is 911. The largest absolute Gasteiger partial charge is 0.227 e.